The minimum absolute atomic E-state index is 0.0598. The highest BCUT2D eigenvalue weighted by molar-refractivity contribution is 5.30. The van der Waals surface area contributed by atoms with Gasteiger partial charge < -0.3 is 10.2 Å². The number of nitrogens with zero attached hydrogens (tertiary/aromatic N) is 3. The van der Waals surface area contributed by atoms with Gasteiger partial charge in [-0.05, 0) is 29.6 Å². The molecule has 1 rings (SSSR count). The summed E-state index contributed by atoms with van der Waals surface area (Å²) >= 11 is 0. The molecule has 0 bridgehead atoms. The van der Waals surface area contributed by atoms with Crippen molar-refractivity contribution in [1.29, 1.82) is 0 Å². The third-order valence-corrected chi connectivity index (χ3v) is 2.40. The van der Waals surface area contributed by atoms with Crippen molar-refractivity contribution in [3.8, 4) is 0 Å². The van der Waals surface area contributed by atoms with Crippen molar-refractivity contribution in [3.63, 3.8) is 0 Å². The summed E-state index contributed by atoms with van der Waals surface area (Å²) in [7, 11) is 0. The van der Waals surface area contributed by atoms with Crippen LogP contribution in [0.4, 0.5) is 8.78 Å². The van der Waals surface area contributed by atoms with Crippen molar-refractivity contribution in [2.75, 3.05) is 6.54 Å². The van der Waals surface area contributed by atoms with Crippen LogP contribution >= 0.6 is 0 Å². The number of aliphatic hydroxyl groups excluding tert-OH is 2. The monoisotopic (exact) mass is 243 g/mol. The summed E-state index contributed by atoms with van der Waals surface area (Å²) in [5.74, 6) is -2.10. The van der Waals surface area contributed by atoms with E-state index in [1.165, 1.54) is 13.0 Å². The van der Waals surface area contributed by atoms with Crippen LogP contribution in [-0.4, -0.2) is 22.9 Å². The molecule has 92 valence electrons. The van der Waals surface area contributed by atoms with Crippen LogP contribution in [0.1, 0.15) is 17.2 Å². The predicted octanol–water partition coefficient (Wildman–Crippen LogP) is 1.98. The van der Waals surface area contributed by atoms with E-state index in [4.69, 9.17) is 5.53 Å². The molecule has 0 spiro atoms. The van der Waals surface area contributed by atoms with Gasteiger partial charge >= 0.3 is 0 Å². The van der Waals surface area contributed by atoms with Crippen molar-refractivity contribution in [3.05, 3.63) is 45.3 Å². The van der Waals surface area contributed by atoms with Crippen LogP contribution in [0.25, 0.3) is 10.4 Å². The molecule has 0 saturated carbocycles. The van der Waals surface area contributed by atoms with Crippen molar-refractivity contribution < 1.29 is 19.0 Å². The van der Waals surface area contributed by atoms with Gasteiger partial charge in [-0.1, -0.05) is 11.2 Å². The largest absolute Gasteiger partial charge is 0.390 e. The fraction of sp³-hybridized carbons (Fsp3) is 0.400. The molecular formula is C10H11F2N3O2. The molecule has 1 aromatic rings. The van der Waals surface area contributed by atoms with Crippen molar-refractivity contribution in [2.45, 2.75) is 19.1 Å². The summed E-state index contributed by atoms with van der Waals surface area (Å²) in [5, 5.41) is 22.2. The number of azide groups is 1. The van der Waals surface area contributed by atoms with Crippen molar-refractivity contribution >= 4 is 0 Å². The fourth-order valence-corrected chi connectivity index (χ4v) is 1.41. The van der Waals surface area contributed by atoms with Gasteiger partial charge in [-0.15, -0.1) is 0 Å². The first-order chi connectivity index (χ1) is 7.99. The highest BCUT2D eigenvalue weighted by atomic mass is 19.2. The molecule has 2 atom stereocenters. The Morgan fingerprint density at radius 1 is 1.41 bits per heavy atom. The molecule has 0 aliphatic rings. The summed E-state index contributed by atoms with van der Waals surface area (Å²) in [6.07, 6.45) is -2.80. The zero-order valence-electron chi connectivity index (χ0n) is 9.01. The molecule has 17 heavy (non-hydrogen) atoms. The van der Waals surface area contributed by atoms with Crippen LogP contribution in [0, 0.1) is 18.6 Å². The SMILES string of the molecule is Cc1c(C(O)C(O)CN=[N+]=[N-])ccc(F)c1F. The molecule has 0 amide bonds. The van der Waals surface area contributed by atoms with Gasteiger partial charge in [0, 0.05) is 4.91 Å². The van der Waals surface area contributed by atoms with E-state index in [1.54, 1.807) is 0 Å². The minimum atomic E-state index is -1.43. The van der Waals surface area contributed by atoms with Crippen LogP contribution < -0.4 is 0 Å². The normalized spacial score (nSPS) is 13.9. The van der Waals surface area contributed by atoms with Gasteiger partial charge in [0.2, 0.25) is 0 Å². The number of rotatable bonds is 4. The van der Waals surface area contributed by atoms with E-state index in [-0.39, 0.29) is 17.7 Å². The summed E-state index contributed by atoms with van der Waals surface area (Å²) in [6, 6.07) is 2.04. The van der Waals surface area contributed by atoms with E-state index in [2.05, 4.69) is 10.0 Å². The van der Waals surface area contributed by atoms with E-state index in [9.17, 15) is 19.0 Å². The lowest BCUT2D eigenvalue weighted by Crippen LogP contribution is -2.22. The first-order valence-corrected chi connectivity index (χ1v) is 4.80. The molecule has 0 aromatic heterocycles. The van der Waals surface area contributed by atoms with Crippen molar-refractivity contribution in [2.24, 2.45) is 5.11 Å². The van der Waals surface area contributed by atoms with Gasteiger partial charge in [0.1, 0.15) is 6.10 Å². The molecule has 0 fully saturated rings. The summed E-state index contributed by atoms with van der Waals surface area (Å²) in [5.41, 5.74) is 8.03. The summed E-state index contributed by atoms with van der Waals surface area (Å²) in [6.45, 7) is 0.938. The van der Waals surface area contributed by atoms with Gasteiger partial charge in [-0.3, -0.25) is 0 Å². The lowest BCUT2D eigenvalue weighted by molar-refractivity contribution is 0.0237. The van der Waals surface area contributed by atoms with Crippen molar-refractivity contribution in [1.82, 2.24) is 0 Å². The molecule has 1 aromatic carbocycles. The van der Waals surface area contributed by atoms with E-state index in [1.807, 2.05) is 0 Å². The first kappa shape index (κ1) is 13.4. The van der Waals surface area contributed by atoms with Crippen LogP contribution in [0.5, 0.6) is 0 Å². The first-order valence-electron chi connectivity index (χ1n) is 4.80. The average molecular weight is 243 g/mol. The second-order valence-corrected chi connectivity index (χ2v) is 3.50. The smallest absolute Gasteiger partial charge is 0.162 e. The Balaban J connectivity index is 3.00. The topological polar surface area (TPSA) is 89.2 Å². The number of hydrogen-bond acceptors (Lipinski definition) is 3. The molecule has 0 aliphatic heterocycles. The van der Waals surface area contributed by atoms with Gasteiger partial charge in [0.05, 0.1) is 12.6 Å². The second kappa shape index (κ2) is 5.58. The third-order valence-electron chi connectivity index (χ3n) is 2.40. The maximum atomic E-state index is 13.2. The second-order valence-electron chi connectivity index (χ2n) is 3.50. The molecular weight excluding hydrogens is 232 g/mol. The average Bonchev–Trinajstić information content (AvgIpc) is 2.32. The van der Waals surface area contributed by atoms with Gasteiger partial charge in [-0.2, -0.15) is 0 Å². The standard InChI is InChI=1S/C10H11F2N3O2/c1-5-6(2-3-7(11)9(5)12)10(17)8(16)4-14-15-13/h2-3,8,10,16-17H,4H2,1H3. The number of halogens is 2. The number of hydrogen-bond donors (Lipinski definition) is 2. The number of benzene rings is 1. The van der Waals surface area contributed by atoms with Gasteiger partial charge in [-0.25, -0.2) is 8.78 Å². The molecule has 0 aliphatic carbocycles. The van der Waals surface area contributed by atoms with Gasteiger partial charge in [0.15, 0.2) is 11.6 Å². The maximum Gasteiger partial charge on any atom is 0.162 e. The predicted molar refractivity (Wildman–Crippen MR) is 56.1 cm³/mol. The van der Waals surface area contributed by atoms with E-state index in [0.29, 0.717) is 0 Å². The van der Waals surface area contributed by atoms with Crippen LogP contribution in [0.3, 0.4) is 0 Å². The Hall–Kier alpha value is -1.69. The summed E-state index contributed by atoms with van der Waals surface area (Å²) < 4.78 is 26.1. The Kier molecular flexibility index (Phi) is 4.39. The molecule has 5 nitrogen and oxygen atoms in total. The third kappa shape index (κ3) is 2.91. The quantitative estimate of drug-likeness (QED) is 0.481. The van der Waals surface area contributed by atoms with Crippen LogP contribution in [0.2, 0.25) is 0 Å². The maximum absolute atomic E-state index is 13.2. The van der Waals surface area contributed by atoms with Crippen LogP contribution in [-0.2, 0) is 0 Å². The Morgan fingerprint density at radius 2 is 2.06 bits per heavy atom. The highest BCUT2D eigenvalue weighted by Gasteiger charge is 2.22. The van der Waals surface area contributed by atoms with E-state index in [0.717, 1.165) is 6.07 Å². The molecule has 2 N–H and O–H groups in total. The van der Waals surface area contributed by atoms with Crippen LogP contribution in [0.15, 0.2) is 17.2 Å². The minimum Gasteiger partial charge on any atom is -0.390 e. The van der Waals surface area contributed by atoms with E-state index < -0.39 is 23.8 Å². The molecule has 7 heteroatoms. The Bertz CT molecular complexity index is 461. The highest BCUT2D eigenvalue weighted by Crippen LogP contribution is 2.24. The van der Waals surface area contributed by atoms with E-state index >= 15 is 0 Å². The molecule has 0 saturated heterocycles. The zero-order chi connectivity index (χ0) is 13.0. The Morgan fingerprint density at radius 3 is 2.65 bits per heavy atom. The fourth-order valence-electron chi connectivity index (χ4n) is 1.41. The molecule has 0 heterocycles. The zero-order valence-corrected chi connectivity index (χ0v) is 9.01. The van der Waals surface area contributed by atoms with Gasteiger partial charge in [0.25, 0.3) is 0 Å². The number of aliphatic hydroxyl groups is 2. The molecule has 2 unspecified atom stereocenters. The molecule has 0 radical (unpaired) electrons. The lowest BCUT2D eigenvalue weighted by Gasteiger charge is -2.18. The Labute approximate surface area is 95.9 Å². The summed E-state index contributed by atoms with van der Waals surface area (Å²) in [4.78, 5) is 2.43. The lowest BCUT2D eigenvalue weighted by atomic mass is 9.99.